The van der Waals surface area contributed by atoms with Crippen LogP contribution >= 0.6 is 0 Å². The summed E-state index contributed by atoms with van der Waals surface area (Å²) >= 11 is 0. The Balaban J connectivity index is 1.53. The molecule has 0 aliphatic carbocycles. The molecule has 0 spiro atoms. The summed E-state index contributed by atoms with van der Waals surface area (Å²) in [6.45, 7) is 4.19. The number of anilines is 2. The predicted octanol–water partition coefficient (Wildman–Crippen LogP) is 5.69. The maximum absolute atomic E-state index is 13.7. The van der Waals surface area contributed by atoms with Crippen molar-refractivity contribution >= 4 is 33.6 Å². The Bertz CT molecular complexity index is 1840. The number of hydrogen-bond donors (Lipinski definition) is 2. The number of aryl methyl sites for hydroxylation is 2. The molecule has 3 aromatic heterocycles. The molecule has 2 N–H and O–H groups in total. The van der Waals surface area contributed by atoms with Crippen LogP contribution in [-0.2, 0) is 0 Å². The van der Waals surface area contributed by atoms with Gasteiger partial charge in [0.15, 0.2) is 5.65 Å². The summed E-state index contributed by atoms with van der Waals surface area (Å²) in [5.41, 5.74) is 6.94. The minimum atomic E-state index is -0.206. The molecule has 8 nitrogen and oxygen atoms in total. The first-order chi connectivity index (χ1) is 18.0. The fraction of sp³-hybridized carbons (Fsp3) is 0.103. The number of nitrogens with one attached hydrogen (secondary N) is 2. The molecule has 0 bridgehead atoms. The fourth-order valence-corrected chi connectivity index (χ4v) is 4.44. The van der Waals surface area contributed by atoms with Crippen LogP contribution in [-0.4, -0.2) is 31.8 Å². The Morgan fingerprint density at radius 1 is 0.892 bits per heavy atom. The van der Waals surface area contributed by atoms with Crippen LogP contribution in [0.25, 0.3) is 38.8 Å². The fourth-order valence-electron chi connectivity index (χ4n) is 4.44. The number of benzene rings is 3. The molecule has 0 saturated heterocycles. The third-order valence-corrected chi connectivity index (χ3v) is 6.61. The third kappa shape index (κ3) is 3.98. The monoisotopic (exact) mass is 488 g/mol. The van der Waals surface area contributed by atoms with Gasteiger partial charge in [-0.3, -0.25) is 14.5 Å². The van der Waals surface area contributed by atoms with Gasteiger partial charge in [-0.25, -0.2) is 4.98 Å². The lowest BCUT2D eigenvalue weighted by Gasteiger charge is -2.14. The van der Waals surface area contributed by atoms with Crippen LogP contribution < -0.4 is 15.6 Å². The van der Waals surface area contributed by atoms with Crippen molar-refractivity contribution in [1.82, 2.24) is 24.7 Å². The zero-order valence-electron chi connectivity index (χ0n) is 20.6. The number of aromatic amines is 1. The highest BCUT2D eigenvalue weighted by molar-refractivity contribution is 6.02. The summed E-state index contributed by atoms with van der Waals surface area (Å²) in [6.07, 6.45) is 3.25. The molecule has 0 amide bonds. The van der Waals surface area contributed by atoms with Crippen LogP contribution in [0.4, 0.5) is 11.6 Å². The van der Waals surface area contributed by atoms with Gasteiger partial charge in [0, 0.05) is 11.9 Å². The molecular weight excluding hydrogens is 464 g/mol. The summed E-state index contributed by atoms with van der Waals surface area (Å²) in [5, 5.41) is 11.4. The highest BCUT2D eigenvalue weighted by Crippen LogP contribution is 2.27. The molecular formula is C29H24N6O2. The lowest BCUT2D eigenvalue weighted by Crippen LogP contribution is -2.20. The normalized spacial score (nSPS) is 11.2. The van der Waals surface area contributed by atoms with Crippen LogP contribution in [0.5, 0.6) is 5.75 Å². The minimum Gasteiger partial charge on any atom is -0.497 e. The van der Waals surface area contributed by atoms with Gasteiger partial charge >= 0.3 is 0 Å². The number of H-pyrrole nitrogens is 1. The SMILES string of the molecule is COc1ccc(Nc2ncc3c4[nH]ncc4c(=O)n(-c4cccc(-c5ccc(C)c(C)c5)c4)c3n2)cc1. The van der Waals surface area contributed by atoms with Crippen LogP contribution in [0.3, 0.4) is 0 Å². The van der Waals surface area contributed by atoms with Crippen molar-refractivity contribution in [3.63, 3.8) is 0 Å². The molecule has 0 radical (unpaired) electrons. The van der Waals surface area contributed by atoms with E-state index >= 15 is 0 Å². The predicted molar refractivity (Wildman–Crippen MR) is 146 cm³/mol. The lowest BCUT2D eigenvalue weighted by atomic mass is 10.00. The molecule has 0 atom stereocenters. The van der Waals surface area contributed by atoms with E-state index in [2.05, 4.69) is 52.5 Å². The van der Waals surface area contributed by atoms with E-state index in [1.54, 1.807) is 24.1 Å². The molecule has 182 valence electrons. The summed E-state index contributed by atoms with van der Waals surface area (Å²) in [4.78, 5) is 23.0. The second-order valence-electron chi connectivity index (χ2n) is 8.93. The Labute approximate surface area is 212 Å². The Morgan fingerprint density at radius 3 is 2.49 bits per heavy atom. The summed E-state index contributed by atoms with van der Waals surface area (Å²) in [6, 6.07) is 21.8. The molecule has 6 rings (SSSR count). The largest absolute Gasteiger partial charge is 0.497 e. The first kappa shape index (κ1) is 22.5. The number of nitrogens with zero attached hydrogens (tertiary/aromatic N) is 4. The summed E-state index contributed by atoms with van der Waals surface area (Å²) < 4.78 is 6.86. The second-order valence-corrected chi connectivity index (χ2v) is 8.93. The van der Waals surface area contributed by atoms with E-state index in [4.69, 9.17) is 9.72 Å². The molecule has 37 heavy (non-hydrogen) atoms. The van der Waals surface area contributed by atoms with E-state index in [-0.39, 0.29) is 5.56 Å². The lowest BCUT2D eigenvalue weighted by molar-refractivity contribution is 0.415. The molecule has 0 aliphatic heterocycles. The minimum absolute atomic E-state index is 0.206. The van der Waals surface area contributed by atoms with Crippen molar-refractivity contribution in [1.29, 1.82) is 0 Å². The Kier molecular flexibility index (Phi) is 5.41. The maximum Gasteiger partial charge on any atom is 0.267 e. The first-order valence-corrected chi connectivity index (χ1v) is 11.9. The Hall–Kier alpha value is -4.98. The van der Waals surface area contributed by atoms with Crippen molar-refractivity contribution in [2.75, 3.05) is 12.4 Å². The van der Waals surface area contributed by atoms with Crippen molar-refractivity contribution in [2.24, 2.45) is 0 Å². The van der Waals surface area contributed by atoms with E-state index < -0.39 is 0 Å². The van der Waals surface area contributed by atoms with Gasteiger partial charge in [-0.05, 0) is 72.5 Å². The van der Waals surface area contributed by atoms with Gasteiger partial charge in [0.05, 0.1) is 35.3 Å². The van der Waals surface area contributed by atoms with Gasteiger partial charge in [0.25, 0.3) is 5.56 Å². The van der Waals surface area contributed by atoms with Gasteiger partial charge in [-0.15, -0.1) is 0 Å². The molecule has 0 unspecified atom stereocenters. The molecule has 3 heterocycles. The number of aromatic nitrogens is 5. The van der Waals surface area contributed by atoms with Gasteiger partial charge in [-0.2, -0.15) is 10.1 Å². The maximum atomic E-state index is 13.7. The van der Waals surface area contributed by atoms with E-state index in [0.717, 1.165) is 22.6 Å². The van der Waals surface area contributed by atoms with E-state index in [0.29, 0.717) is 33.6 Å². The van der Waals surface area contributed by atoms with Crippen molar-refractivity contribution in [3.05, 3.63) is 101 Å². The van der Waals surface area contributed by atoms with Gasteiger partial charge in [-0.1, -0.05) is 30.3 Å². The first-order valence-electron chi connectivity index (χ1n) is 11.9. The van der Waals surface area contributed by atoms with Crippen LogP contribution in [0.15, 0.2) is 83.9 Å². The molecule has 8 heteroatoms. The van der Waals surface area contributed by atoms with Gasteiger partial charge in [0.2, 0.25) is 5.95 Å². The number of ether oxygens (including phenoxy) is 1. The molecule has 6 aromatic rings. The van der Waals surface area contributed by atoms with Crippen molar-refractivity contribution in [3.8, 4) is 22.6 Å². The van der Waals surface area contributed by atoms with Gasteiger partial charge in [0.1, 0.15) is 5.75 Å². The third-order valence-electron chi connectivity index (χ3n) is 6.61. The van der Waals surface area contributed by atoms with Crippen LogP contribution in [0, 0.1) is 13.8 Å². The van der Waals surface area contributed by atoms with E-state index in [9.17, 15) is 4.79 Å². The van der Waals surface area contributed by atoms with Crippen molar-refractivity contribution in [2.45, 2.75) is 13.8 Å². The average molecular weight is 489 g/mol. The summed E-state index contributed by atoms with van der Waals surface area (Å²) in [7, 11) is 1.62. The van der Waals surface area contributed by atoms with Crippen LogP contribution in [0.1, 0.15) is 11.1 Å². The Morgan fingerprint density at radius 2 is 1.70 bits per heavy atom. The standard InChI is InChI=1S/C29H24N6O2/c1-17-7-8-20(13-18(17)2)19-5-4-6-22(14-19)35-27-24(26-25(28(35)36)16-31-34-26)15-30-29(33-27)32-21-9-11-23(37-3)12-10-21/h4-16H,1-3H3,(H,31,34)(H,30,32,33). The molecule has 0 fully saturated rings. The van der Waals surface area contributed by atoms with Gasteiger partial charge < -0.3 is 10.1 Å². The number of methoxy groups -OCH3 is 1. The average Bonchev–Trinajstić information content (AvgIpc) is 3.42. The zero-order valence-corrected chi connectivity index (χ0v) is 20.6. The summed E-state index contributed by atoms with van der Waals surface area (Å²) in [5.74, 6) is 1.12. The second kappa shape index (κ2) is 8.91. The van der Waals surface area contributed by atoms with E-state index in [1.807, 2.05) is 48.5 Å². The molecule has 0 aliphatic rings. The number of rotatable bonds is 5. The molecule has 0 saturated carbocycles. The number of fused-ring (bicyclic) bond motifs is 3. The molecule has 3 aromatic carbocycles. The quantitative estimate of drug-likeness (QED) is 0.323. The van der Waals surface area contributed by atoms with E-state index in [1.165, 1.54) is 11.1 Å². The number of pyridine rings is 1. The highest BCUT2D eigenvalue weighted by atomic mass is 16.5. The van der Waals surface area contributed by atoms with Crippen molar-refractivity contribution < 1.29 is 4.74 Å². The van der Waals surface area contributed by atoms with Crippen LogP contribution in [0.2, 0.25) is 0 Å². The zero-order chi connectivity index (χ0) is 25.5. The smallest absolute Gasteiger partial charge is 0.267 e. The highest BCUT2D eigenvalue weighted by Gasteiger charge is 2.17. The number of hydrogen-bond acceptors (Lipinski definition) is 6. The topological polar surface area (TPSA) is 97.7 Å².